The number of alkyl halides is 1. The summed E-state index contributed by atoms with van der Waals surface area (Å²) in [4.78, 5) is 29.3. The summed E-state index contributed by atoms with van der Waals surface area (Å²) < 4.78 is 1.39. The van der Waals surface area contributed by atoms with E-state index in [2.05, 4.69) is 10.4 Å². The molecule has 8 heteroatoms. The zero-order valence-electron chi connectivity index (χ0n) is 13.8. The molecule has 0 bridgehead atoms. The number of phenolic OH excluding ortho intramolecular Hbond substituents is 1. The van der Waals surface area contributed by atoms with Gasteiger partial charge in [0.15, 0.2) is 0 Å². The van der Waals surface area contributed by atoms with Gasteiger partial charge in [0.1, 0.15) is 23.0 Å². The minimum atomic E-state index is -0.857. The fraction of sp³-hybridized carbons (Fsp3) is 0.167. The number of β-lactam (4-membered cyclic amide) rings is 1. The number of aryl methyl sites for hydroxylation is 1. The number of amides is 2. The molecule has 132 valence electrons. The van der Waals surface area contributed by atoms with Gasteiger partial charge in [-0.2, -0.15) is 0 Å². The summed E-state index contributed by atoms with van der Waals surface area (Å²) in [5.41, 5.74) is 4.37. The number of hydrogen-bond donors (Lipinski definition) is 2. The smallest absolute Gasteiger partial charge is 0.346 e. The van der Waals surface area contributed by atoms with Crippen molar-refractivity contribution >= 4 is 34.6 Å². The average molecular weight is 371 g/mol. The molecular weight excluding hydrogens is 356 g/mol. The van der Waals surface area contributed by atoms with Crippen molar-refractivity contribution in [2.24, 2.45) is 0 Å². The van der Waals surface area contributed by atoms with Gasteiger partial charge in [-0.05, 0) is 25.1 Å². The number of para-hydroxylation sites is 3. The zero-order chi connectivity index (χ0) is 18.4. The number of nitrogens with one attached hydrogen (secondary N) is 1. The van der Waals surface area contributed by atoms with Gasteiger partial charge in [-0.3, -0.25) is 4.79 Å². The molecule has 2 unspecified atom stereocenters. The van der Waals surface area contributed by atoms with Crippen molar-refractivity contribution < 1.29 is 14.7 Å². The lowest BCUT2D eigenvalue weighted by molar-refractivity contribution is -0.149. The number of imidazole rings is 1. The molecule has 0 saturated carbocycles. The van der Waals surface area contributed by atoms with Crippen LogP contribution < -0.4 is 5.43 Å². The van der Waals surface area contributed by atoms with Crippen LogP contribution in [-0.2, 0) is 4.79 Å². The van der Waals surface area contributed by atoms with Gasteiger partial charge < -0.3 is 5.11 Å². The summed E-state index contributed by atoms with van der Waals surface area (Å²) in [7, 11) is 0. The largest absolute Gasteiger partial charge is 0.508 e. The Morgan fingerprint density at radius 2 is 1.88 bits per heavy atom. The highest BCUT2D eigenvalue weighted by molar-refractivity contribution is 6.33. The van der Waals surface area contributed by atoms with Crippen LogP contribution in [0.1, 0.15) is 17.4 Å². The SMILES string of the molecule is Cc1nc2ccccc2n1C(=O)NN1C(=O)C(Cl)C1c1ccccc1O. The summed E-state index contributed by atoms with van der Waals surface area (Å²) in [5.74, 6) is 0.0766. The third-order valence-electron chi connectivity index (χ3n) is 4.43. The molecule has 2 aromatic carbocycles. The molecule has 1 saturated heterocycles. The Bertz CT molecular complexity index is 1030. The van der Waals surface area contributed by atoms with Crippen molar-refractivity contribution in [3.63, 3.8) is 0 Å². The topological polar surface area (TPSA) is 87.5 Å². The fourth-order valence-electron chi connectivity index (χ4n) is 3.17. The van der Waals surface area contributed by atoms with Crippen LogP contribution in [0.3, 0.4) is 0 Å². The average Bonchev–Trinajstić information content (AvgIpc) is 2.98. The van der Waals surface area contributed by atoms with Crippen LogP contribution in [0.15, 0.2) is 48.5 Å². The molecule has 2 N–H and O–H groups in total. The number of fused-ring (bicyclic) bond motifs is 1. The molecule has 2 amide bonds. The van der Waals surface area contributed by atoms with E-state index in [0.717, 1.165) is 5.01 Å². The number of hydrogen-bond acceptors (Lipinski definition) is 4. The molecular formula is C18H15ClN4O3. The fourth-order valence-corrected chi connectivity index (χ4v) is 3.52. The first-order chi connectivity index (χ1) is 12.5. The second-order valence-corrected chi connectivity index (χ2v) is 6.48. The highest BCUT2D eigenvalue weighted by Gasteiger charge is 2.49. The maximum absolute atomic E-state index is 12.8. The lowest BCUT2D eigenvalue weighted by Crippen LogP contribution is -2.63. The van der Waals surface area contributed by atoms with E-state index in [1.54, 1.807) is 37.3 Å². The second kappa shape index (κ2) is 6.03. The van der Waals surface area contributed by atoms with Crippen LogP contribution in [0, 0.1) is 6.92 Å². The number of halogens is 1. The number of aromatic hydroxyl groups is 1. The summed E-state index contributed by atoms with van der Waals surface area (Å²) in [6.45, 7) is 1.71. The van der Waals surface area contributed by atoms with Gasteiger partial charge in [-0.25, -0.2) is 24.8 Å². The summed E-state index contributed by atoms with van der Waals surface area (Å²) in [6.07, 6.45) is 0. The van der Waals surface area contributed by atoms with Crippen LogP contribution in [0.5, 0.6) is 5.75 Å². The van der Waals surface area contributed by atoms with Crippen molar-refractivity contribution in [1.29, 1.82) is 0 Å². The van der Waals surface area contributed by atoms with Crippen molar-refractivity contribution in [1.82, 2.24) is 20.0 Å². The predicted octanol–water partition coefficient (Wildman–Crippen LogP) is 2.71. The molecule has 0 spiro atoms. The number of phenols is 1. The van der Waals surface area contributed by atoms with Gasteiger partial charge in [0, 0.05) is 5.56 Å². The van der Waals surface area contributed by atoms with Crippen LogP contribution in [0.2, 0.25) is 0 Å². The quantitative estimate of drug-likeness (QED) is 0.536. The number of carbonyl (C=O) groups excluding carboxylic acids is 2. The molecule has 3 aromatic rings. The molecule has 2 atom stereocenters. The lowest BCUT2D eigenvalue weighted by atomic mass is 9.94. The number of hydrazine groups is 1. The highest BCUT2D eigenvalue weighted by Crippen LogP contribution is 2.40. The molecule has 2 heterocycles. The Morgan fingerprint density at radius 1 is 1.19 bits per heavy atom. The monoisotopic (exact) mass is 370 g/mol. The van der Waals surface area contributed by atoms with E-state index in [0.29, 0.717) is 22.4 Å². The molecule has 1 aliphatic heterocycles. The van der Waals surface area contributed by atoms with Gasteiger partial charge in [0.25, 0.3) is 5.91 Å². The van der Waals surface area contributed by atoms with Gasteiger partial charge in [0.2, 0.25) is 0 Å². The van der Waals surface area contributed by atoms with Gasteiger partial charge >= 0.3 is 6.03 Å². The van der Waals surface area contributed by atoms with Crippen LogP contribution >= 0.6 is 11.6 Å². The number of rotatable bonds is 2. The first kappa shape index (κ1) is 16.4. The van der Waals surface area contributed by atoms with E-state index in [4.69, 9.17) is 11.6 Å². The van der Waals surface area contributed by atoms with Gasteiger partial charge in [0.05, 0.1) is 11.0 Å². The Hall–Kier alpha value is -3.06. The summed E-state index contributed by atoms with van der Waals surface area (Å²) >= 11 is 6.13. The van der Waals surface area contributed by atoms with E-state index in [-0.39, 0.29) is 5.75 Å². The highest BCUT2D eigenvalue weighted by atomic mass is 35.5. The lowest BCUT2D eigenvalue weighted by Gasteiger charge is -2.43. The van der Waals surface area contributed by atoms with Crippen molar-refractivity contribution in [2.45, 2.75) is 18.3 Å². The Balaban J connectivity index is 1.65. The maximum Gasteiger partial charge on any atom is 0.346 e. The third-order valence-corrected chi connectivity index (χ3v) is 4.86. The molecule has 1 aliphatic rings. The summed E-state index contributed by atoms with van der Waals surface area (Å²) in [5, 5.41) is 10.3. The van der Waals surface area contributed by atoms with Crippen molar-refractivity contribution in [3.8, 4) is 5.75 Å². The standard InChI is InChI=1S/C18H15ClN4O3/c1-10-20-12-7-3-4-8-13(12)22(10)18(26)21-23-16(15(19)17(23)25)11-6-2-5-9-14(11)24/h2-9,15-16,24H,1H3,(H,21,26). The number of nitrogens with zero attached hydrogens (tertiary/aromatic N) is 3. The van der Waals surface area contributed by atoms with E-state index < -0.39 is 23.4 Å². The number of aromatic nitrogens is 2. The normalized spacial score (nSPS) is 19.5. The Kier molecular flexibility index (Phi) is 3.81. The predicted molar refractivity (Wildman–Crippen MR) is 95.7 cm³/mol. The Morgan fingerprint density at radius 3 is 2.65 bits per heavy atom. The number of carbonyl (C=O) groups is 2. The van der Waals surface area contributed by atoms with E-state index in [1.165, 1.54) is 10.6 Å². The third kappa shape index (κ3) is 2.40. The zero-order valence-corrected chi connectivity index (χ0v) is 14.5. The van der Waals surface area contributed by atoms with Crippen LogP contribution in [-0.4, -0.2) is 37.0 Å². The first-order valence-electron chi connectivity index (χ1n) is 7.99. The first-order valence-corrected chi connectivity index (χ1v) is 8.43. The minimum absolute atomic E-state index is 0.0131. The molecule has 0 radical (unpaired) electrons. The van der Waals surface area contributed by atoms with E-state index in [1.807, 2.05) is 12.1 Å². The van der Waals surface area contributed by atoms with E-state index in [9.17, 15) is 14.7 Å². The Labute approximate surface area is 153 Å². The molecule has 4 rings (SSSR count). The van der Waals surface area contributed by atoms with Crippen molar-refractivity contribution in [2.75, 3.05) is 0 Å². The maximum atomic E-state index is 12.8. The summed E-state index contributed by atoms with van der Waals surface area (Å²) in [6, 6.07) is 12.6. The molecule has 1 fully saturated rings. The van der Waals surface area contributed by atoms with Crippen molar-refractivity contribution in [3.05, 3.63) is 59.9 Å². The molecule has 7 nitrogen and oxygen atoms in total. The van der Waals surface area contributed by atoms with Gasteiger partial charge in [-0.1, -0.05) is 30.3 Å². The molecule has 26 heavy (non-hydrogen) atoms. The van der Waals surface area contributed by atoms with Crippen LogP contribution in [0.4, 0.5) is 4.79 Å². The minimum Gasteiger partial charge on any atom is -0.508 e. The number of benzene rings is 2. The molecule has 0 aliphatic carbocycles. The van der Waals surface area contributed by atoms with E-state index >= 15 is 0 Å². The van der Waals surface area contributed by atoms with Crippen LogP contribution in [0.25, 0.3) is 11.0 Å². The second-order valence-electron chi connectivity index (χ2n) is 6.01. The van der Waals surface area contributed by atoms with Gasteiger partial charge in [-0.15, -0.1) is 11.6 Å². The molecule has 1 aromatic heterocycles.